The average molecular weight is 373 g/mol. The molecule has 0 bridgehead atoms. The van der Waals surface area contributed by atoms with Gasteiger partial charge in [0.15, 0.2) is 0 Å². The molecule has 2 aromatic carbocycles. The summed E-state index contributed by atoms with van der Waals surface area (Å²) in [5.41, 5.74) is 0.864. The number of hydrogen-bond donors (Lipinski definition) is 1. The van der Waals surface area contributed by atoms with E-state index in [4.69, 9.17) is 16.3 Å². The molecule has 21 heavy (non-hydrogen) atoms. The van der Waals surface area contributed by atoms with Crippen molar-refractivity contribution in [2.24, 2.45) is 0 Å². The van der Waals surface area contributed by atoms with Crippen molar-refractivity contribution in [2.75, 3.05) is 0 Å². The topological polar surface area (TPSA) is 72.6 Å². The lowest BCUT2D eigenvalue weighted by molar-refractivity contribution is -0.385. The number of aliphatic hydroxyl groups excluding tert-OH is 1. The van der Waals surface area contributed by atoms with Crippen LogP contribution in [0.1, 0.15) is 11.1 Å². The first-order chi connectivity index (χ1) is 10.0. The molecule has 0 aromatic heterocycles. The molecule has 1 N–H and O–H groups in total. The maximum absolute atomic E-state index is 11.0. The normalized spacial score (nSPS) is 10.4. The Bertz CT molecular complexity index is 678. The van der Waals surface area contributed by atoms with Gasteiger partial charge in [-0.3, -0.25) is 10.1 Å². The second-order valence-corrected chi connectivity index (χ2v) is 5.52. The lowest BCUT2D eigenvalue weighted by Crippen LogP contribution is -2.02. The van der Waals surface area contributed by atoms with Crippen molar-refractivity contribution in [3.05, 3.63) is 67.1 Å². The fourth-order valence-corrected chi connectivity index (χ4v) is 2.39. The molecule has 0 radical (unpaired) electrons. The van der Waals surface area contributed by atoms with Gasteiger partial charge in [0.05, 0.1) is 17.1 Å². The molecule has 0 spiro atoms. The van der Waals surface area contributed by atoms with E-state index < -0.39 is 4.92 Å². The number of aliphatic hydroxyl groups is 1. The first-order valence-electron chi connectivity index (χ1n) is 5.96. The lowest BCUT2D eigenvalue weighted by atomic mass is 10.2. The first-order valence-corrected chi connectivity index (χ1v) is 7.14. The van der Waals surface area contributed by atoms with Crippen LogP contribution in [0.2, 0.25) is 5.02 Å². The Hall–Kier alpha value is -1.63. The SMILES string of the molecule is O=[N+]([O-])c1cc(Br)ccc1COc1cccc(Cl)c1CO. The summed E-state index contributed by atoms with van der Waals surface area (Å²) in [7, 11) is 0. The van der Waals surface area contributed by atoms with Crippen LogP contribution in [0.5, 0.6) is 5.75 Å². The molecular formula is C14H11BrClNO4. The maximum atomic E-state index is 11.0. The summed E-state index contributed by atoms with van der Waals surface area (Å²) < 4.78 is 6.18. The van der Waals surface area contributed by atoms with Crippen LogP contribution in [0.15, 0.2) is 40.9 Å². The molecule has 7 heteroatoms. The van der Waals surface area contributed by atoms with Gasteiger partial charge in [-0.25, -0.2) is 0 Å². The number of nitro benzene ring substituents is 1. The molecule has 0 amide bonds. The van der Waals surface area contributed by atoms with Crippen molar-refractivity contribution in [2.45, 2.75) is 13.2 Å². The predicted octanol–water partition coefficient (Wildman–Crippen LogP) is 4.08. The number of nitrogens with zero attached hydrogens (tertiary/aromatic N) is 1. The summed E-state index contributed by atoms with van der Waals surface area (Å²) in [5.74, 6) is 0.405. The van der Waals surface area contributed by atoms with Gasteiger partial charge in [-0.15, -0.1) is 0 Å². The van der Waals surface area contributed by atoms with E-state index in [0.717, 1.165) is 0 Å². The zero-order valence-corrected chi connectivity index (χ0v) is 13.1. The molecule has 0 unspecified atom stereocenters. The van der Waals surface area contributed by atoms with Gasteiger partial charge in [-0.2, -0.15) is 0 Å². The zero-order chi connectivity index (χ0) is 15.4. The molecule has 0 aliphatic heterocycles. The van der Waals surface area contributed by atoms with Crippen molar-refractivity contribution in [1.82, 2.24) is 0 Å². The van der Waals surface area contributed by atoms with E-state index in [2.05, 4.69) is 15.9 Å². The minimum atomic E-state index is -0.464. The van der Waals surface area contributed by atoms with E-state index in [9.17, 15) is 15.2 Å². The molecule has 0 saturated heterocycles. The summed E-state index contributed by atoms with van der Waals surface area (Å²) in [4.78, 5) is 10.6. The van der Waals surface area contributed by atoms with Crippen LogP contribution in [-0.4, -0.2) is 10.0 Å². The van der Waals surface area contributed by atoms with Gasteiger partial charge in [-0.05, 0) is 24.3 Å². The summed E-state index contributed by atoms with van der Waals surface area (Å²) in [5, 5.41) is 20.7. The lowest BCUT2D eigenvalue weighted by Gasteiger charge is -2.11. The molecule has 0 saturated carbocycles. The summed E-state index contributed by atoms with van der Waals surface area (Å²) >= 11 is 9.16. The number of halogens is 2. The van der Waals surface area contributed by atoms with Crippen molar-refractivity contribution in [3.63, 3.8) is 0 Å². The number of hydrogen-bond acceptors (Lipinski definition) is 4. The Balaban J connectivity index is 2.25. The number of benzene rings is 2. The summed E-state index contributed by atoms with van der Waals surface area (Å²) in [6, 6.07) is 9.72. The molecule has 110 valence electrons. The Labute approximate surface area is 134 Å². The standard InChI is InChI=1S/C14H11BrClNO4/c15-10-5-4-9(13(6-10)17(19)20)8-21-14-3-1-2-12(16)11(14)7-18/h1-6,18H,7-8H2. The Morgan fingerprint density at radius 3 is 2.76 bits per heavy atom. The molecule has 0 aliphatic carbocycles. The van der Waals surface area contributed by atoms with Gasteiger partial charge in [0.1, 0.15) is 12.4 Å². The van der Waals surface area contributed by atoms with Crippen LogP contribution in [0.4, 0.5) is 5.69 Å². The third-order valence-corrected chi connectivity index (χ3v) is 3.71. The fourth-order valence-electron chi connectivity index (χ4n) is 1.81. The molecule has 0 fully saturated rings. The van der Waals surface area contributed by atoms with Gasteiger partial charge < -0.3 is 9.84 Å². The maximum Gasteiger partial charge on any atom is 0.277 e. The largest absolute Gasteiger partial charge is 0.488 e. The van der Waals surface area contributed by atoms with E-state index in [1.165, 1.54) is 6.07 Å². The Kier molecular flexibility index (Phi) is 5.17. The van der Waals surface area contributed by atoms with E-state index in [-0.39, 0.29) is 18.9 Å². The average Bonchev–Trinajstić information content (AvgIpc) is 2.45. The predicted molar refractivity (Wildman–Crippen MR) is 82.5 cm³/mol. The van der Waals surface area contributed by atoms with Gasteiger partial charge in [0.2, 0.25) is 0 Å². The summed E-state index contributed by atoms with van der Waals surface area (Å²) in [6.07, 6.45) is 0. The molecule has 2 aromatic rings. The van der Waals surface area contributed by atoms with E-state index in [1.807, 2.05) is 0 Å². The van der Waals surface area contributed by atoms with E-state index >= 15 is 0 Å². The highest BCUT2D eigenvalue weighted by molar-refractivity contribution is 9.10. The quantitative estimate of drug-likeness (QED) is 0.634. The van der Waals surface area contributed by atoms with Crippen LogP contribution in [-0.2, 0) is 13.2 Å². The molecular weight excluding hydrogens is 362 g/mol. The van der Waals surface area contributed by atoms with Crippen LogP contribution < -0.4 is 4.74 Å². The van der Waals surface area contributed by atoms with Gasteiger partial charge >= 0.3 is 0 Å². The second kappa shape index (κ2) is 6.89. The molecule has 5 nitrogen and oxygen atoms in total. The van der Waals surface area contributed by atoms with Crippen molar-refractivity contribution in [1.29, 1.82) is 0 Å². The number of nitro groups is 1. The smallest absolute Gasteiger partial charge is 0.277 e. The Morgan fingerprint density at radius 1 is 1.33 bits per heavy atom. The third-order valence-electron chi connectivity index (χ3n) is 2.86. The van der Waals surface area contributed by atoms with Crippen molar-refractivity contribution < 1.29 is 14.8 Å². The van der Waals surface area contributed by atoms with E-state index in [1.54, 1.807) is 30.3 Å². The van der Waals surface area contributed by atoms with Gasteiger partial charge in [0, 0.05) is 21.1 Å². The van der Waals surface area contributed by atoms with Gasteiger partial charge in [-0.1, -0.05) is 33.6 Å². The second-order valence-electron chi connectivity index (χ2n) is 4.19. The monoisotopic (exact) mass is 371 g/mol. The Morgan fingerprint density at radius 2 is 2.10 bits per heavy atom. The highest BCUT2D eigenvalue weighted by Gasteiger charge is 2.15. The van der Waals surface area contributed by atoms with Crippen molar-refractivity contribution >= 4 is 33.2 Å². The minimum absolute atomic E-state index is 0.0108. The highest BCUT2D eigenvalue weighted by Crippen LogP contribution is 2.29. The molecule has 0 heterocycles. The van der Waals surface area contributed by atoms with Crippen LogP contribution in [0.3, 0.4) is 0 Å². The first kappa shape index (κ1) is 15.8. The minimum Gasteiger partial charge on any atom is -0.488 e. The van der Waals surface area contributed by atoms with E-state index in [0.29, 0.717) is 26.4 Å². The van der Waals surface area contributed by atoms with Crippen molar-refractivity contribution in [3.8, 4) is 5.75 Å². The van der Waals surface area contributed by atoms with Gasteiger partial charge in [0.25, 0.3) is 5.69 Å². The highest BCUT2D eigenvalue weighted by atomic mass is 79.9. The summed E-state index contributed by atoms with van der Waals surface area (Å²) in [6.45, 7) is -0.256. The van der Waals surface area contributed by atoms with Crippen LogP contribution in [0, 0.1) is 10.1 Å². The zero-order valence-electron chi connectivity index (χ0n) is 10.8. The third kappa shape index (κ3) is 3.72. The fraction of sp³-hybridized carbons (Fsp3) is 0.143. The van der Waals surface area contributed by atoms with Crippen LogP contribution in [0.25, 0.3) is 0 Å². The molecule has 2 rings (SSSR count). The number of rotatable bonds is 5. The van der Waals surface area contributed by atoms with Crippen LogP contribution >= 0.6 is 27.5 Å². The number of ether oxygens (including phenoxy) is 1. The molecule has 0 atom stereocenters. The molecule has 0 aliphatic rings.